The molecule has 0 aliphatic rings. The molecule has 0 saturated heterocycles. The molecule has 1 aromatic rings. The Kier molecular flexibility index (Phi) is 3.26. The van der Waals surface area contributed by atoms with Gasteiger partial charge in [-0.2, -0.15) is 0 Å². The molecule has 0 fully saturated rings. The van der Waals surface area contributed by atoms with E-state index in [1.807, 2.05) is 18.2 Å². The average molecular weight is 148 g/mol. The van der Waals surface area contributed by atoms with E-state index in [4.69, 9.17) is 5.11 Å². The molecule has 1 nitrogen and oxygen atoms in total. The molecule has 0 atom stereocenters. The standard InChI is InChI=1S/C10H12O/c11-9-5-4-8-10-6-2-1-3-7-10/h1-3,5-7,9,11H,4,8H2. The maximum absolute atomic E-state index is 8.36. The summed E-state index contributed by atoms with van der Waals surface area (Å²) in [4.78, 5) is 0. The topological polar surface area (TPSA) is 20.2 Å². The lowest BCUT2D eigenvalue weighted by Gasteiger charge is -1.94. The summed E-state index contributed by atoms with van der Waals surface area (Å²) in [5.74, 6) is 0. The summed E-state index contributed by atoms with van der Waals surface area (Å²) in [5, 5.41) is 8.36. The first-order valence-corrected chi connectivity index (χ1v) is 3.76. The van der Waals surface area contributed by atoms with Crippen LogP contribution in [0.3, 0.4) is 0 Å². The summed E-state index contributed by atoms with van der Waals surface area (Å²) in [6.07, 6.45) is 4.76. The summed E-state index contributed by atoms with van der Waals surface area (Å²) in [6.45, 7) is 0. The molecule has 58 valence electrons. The van der Waals surface area contributed by atoms with Gasteiger partial charge < -0.3 is 5.11 Å². The van der Waals surface area contributed by atoms with Crippen LogP contribution < -0.4 is 0 Å². The number of aryl methyl sites for hydroxylation is 1. The molecule has 0 unspecified atom stereocenters. The van der Waals surface area contributed by atoms with Gasteiger partial charge in [-0.3, -0.25) is 0 Å². The summed E-state index contributed by atoms with van der Waals surface area (Å²) < 4.78 is 0. The minimum Gasteiger partial charge on any atom is -0.516 e. The van der Waals surface area contributed by atoms with Crippen LogP contribution >= 0.6 is 0 Å². The molecular weight excluding hydrogens is 136 g/mol. The van der Waals surface area contributed by atoms with E-state index in [2.05, 4.69) is 12.1 Å². The Balaban J connectivity index is 2.39. The molecule has 11 heavy (non-hydrogen) atoms. The number of rotatable bonds is 3. The quantitative estimate of drug-likeness (QED) is 0.653. The molecule has 0 heterocycles. The number of hydrogen-bond acceptors (Lipinski definition) is 1. The van der Waals surface area contributed by atoms with Crippen LogP contribution in [0.1, 0.15) is 12.0 Å². The van der Waals surface area contributed by atoms with Crippen LogP contribution in [0, 0.1) is 0 Å². The van der Waals surface area contributed by atoms with Crippen LogP contribution in [0.4, 0.5) is 0 Å². The number of aliphatic hydroxyl groups excluding tert-OH is 1. The fourth-order valence-corrected chi connectivity index (χ4v) is 0.969. The van der Waals surface area contributed by atoms with Gasteiger partial charge in [0.25, 0.3) is 0 Å². The van der Waals surface area contributed by atoms with Crippen LogP contribution in [0.25, 0.3) is 0 Å². The van der Waals surface area contributed by atoms with Crippen molar-refractivity contribution in [2.75, 3.05) is 0 Å². The van der Waals surface area contributed by atoms with Crippen LogP contribution in [0.5, 0.6) is 0 Å². The highest BCUT2D eigenvalue weighted by Gasteiger charge is 1.86. The van der Waals surface area contributed by atoms with E-state index < -0.39 is 0 Å². The largest absolute Gasteiger partial charge is 0.516 e. The van der Waals surface area contributed by atoms with Crippen molar-refractivity contribution in [3.8, 4) is 0 Å². The van der Waals surface area contributed by atoms with Crippen molar-refractivity contribution >= 4 is 0 Å². The fraction of sp³-hybridized carbons (Fsp3) is 0.200. The molecule has 0 amide bonds. The third kappa shape index (κ3) is 2.89. The Morgan fingerprint density at radius 3 is 2.55 bits per heavy atom. The van der Waals surface area contributed by atoms with Crippen LogP contribution in [-0.2, 0) is 6.42 Å². The van der Waals surface area contributed by atoms with Gasteiger partial charge in [0.15, 0.2) is 0 Å². The molecule has 0 radical (unpaired) electrons. The molecule has 1 aromatic carbocycles. The van der Waals surface area contributed by atoms with Crippen molar-refractivity contribution in [2.45, 2.75) is 12.8 Å². The monoisotopic (exact) mass is 148 g/mol. The molecule has 0 saturated carbocycles. The van der Waals surface area contributed by atoms with E-state index >= 15 is 0 Å². The Morgan fingerprint density at radius 2 is 1.91 bits per heavy atom. The zero-order chi connectivity index (χ0) is 7.94. The van der Waals surface area contributed by atoms with Crippen molar-refractivity contribution in [3.05, 3.63) is 48.2 Å². The zero-order valence-electron chi connectivity index (χ0n) is 6.40. The van der Waals surface area contributed by atoms with Crippen LogP contribution in [0.2, 0.25) is 0 Å². The zero-order valence-corrected chi connectivity index (χ0v) is 6.40. The Bertz CT molecular complexity index is 214. The van der Waals surface area contributed by atoms with Gasteiger partial charge in [-0.25, -0.2) is 0 Å². The van der Waals surface area contributed by atoms with Gasteiger partial charge in [0.05, 0.1) is 6.26 Å². The molecule has 1 heteroatoms. The lowest BCUT2D eigenvalue weighted by atomic mass is 10.1. The lowest BCUT2D eigenvalue weighted by molar-refractivity contribution is 0.470. The smallest absolute Gasteiger partial charge is 0.0751 e. The number of aliphatic hydroxyl groups is 1. The van der Waals surface area contributed by atoms with Gasteiger partial charge in [0.2, 0.25) is 0 Å². The molecule has 1 N–H and O–H groups in total. The summed E-state index contributed by atoms with van der Waals surface area (Å²) in [6, 6.07) is 10.2. The number of hydrogen-bond donors (Lipinski definition) is 1. The average Bonchev–Trinajstić information content (AvgIpc) is 2.07. The number of allylic oxidation sites excluding steroid dienone is 1. The van der Waals surface area contributed by atoms with E-state index in [1.54, 1.807) is 6.08 Å². The van der Waals surface area contributed by atoms with Gasteiger partial charge in [0.1, 0.15) is 0 Å². The second kappa shape index (κ2) is 4.56. The molecule has 0 aromatic heterocycles. The Hall–Kier alpha value is -1.24. The summed E-state index contributed by atoms with van der Waals surface area (Å²) in [5.41, 5.74) is 1.31. The minimum absolute atomic E-state index is 0.903. The fourth-order valence-electron chi connectivity index (χ4n) is 0.969. The normalized spacial score (nSPS) is 10.5. The molecule has 1 rings (SSSR count). The molecular formula is C10H12O. The van der Waals surface area contributed by atoms with Gasteiger partial charge in [-0.05, 0) is 24.5 Å². The highest BCUT2D eigenvalue weighted by molar-refractivity contribution is 5.14. The maximum atomic E-state index is 8.36. The first kappa shape index (κ1) is 7.86. The van der Waals surface area contributed by atoms with Crippen LogP contribution in [0.15, 0.2) is 42.7 Å². The second-order valence-electron chi connectivity index (χ2n) is 2.41. The van der Waals surface area contributed by atoms with Gasteiger partial charge in [0, 0.05) is 0 Å². The third-order valence-corrected chi connectivity index (χ3v) is 1.55. The van der Waals surface area contributed by atoms with Crippen molar-refractivity contribution in [2.24, 2.45) is 0 Å². The van der Waals surface area contributed by atoms with Crippen LogP contribution in [-0.4, -0.2) is 5.11 Å². The lowest BCUT2D eigenvalue weighted by Crippen LogP contribution is -1.80. The first-order valence-electron chi connectivity index (χ1n) is 3.76. The van der Waals surface area contributed by atoms with Crippen molar-refractivity contribution < 1.29 is 5.11 Å². The minimum atomic E-state index is 0.903. The Morgan fingerprint density at radius 1 is 1.18 bits per heavy atom. The van der Waals surface area contributed by atoms with E-state index in [0.717, 1.165) is 19.1 Å². The van der Waals surface area contributed by atoms with E-state index in [0.29, 0.717) is 0 Å². The third-order valence-electron chi connectivity index (χ3n) is 1.55. The second-order valence-corrected chi connectivity index (χ2v) is 2.41. The van der Waals surface area contributed by atoms with E-state index in [1.165, 1.54) is 5.56 Å². The number of benzene rings is 1. The predicted molar refractivity (Wildman–Crippen MR) is 46.5 cm³/mol. The molecule has 0 bridgehead atoms. The van der Waals surface area contributed by atoms with Gasteiger partial charge >= 0.3 is 0 Å². The molecule has 0 spiro atoms. The first-order chi connectivity index (χ1) is 5.43. The van der Waals surface area contributed by atoms with E-state index in [-0.39, 0.29) is 0 Å². The molecule has 0 aliphatic carbocycles. The maximum Gasteiger partial charge on any atom is 0.0751 e. The highest BCUT2D eigenvalue weighted by Crippen LogP contribution is 2.01. The van der Waals surface area contributed by atoms with Crippen molar-refractivity contribution in [1.82, 2.24) is 0 Å². The summed E-state index contributed by atoms with van der Waals surface area (Å²) >= 11 is 0. The van der Waals surface area contributed by atoms with Gasteiger partial charge in [-0.15, -0.1) is 0 Å². The molecule has 0 aliphatic heterocycles. The van der Waals surface area contributed by atoms with Crippen molar-refractivity contribution in [1.29, 1.82) is 0 Å². The summed E-state index contributed by atoms with van der Waals surface area (Å²) in [7, 11) is 0. The van der Waals surface area contributed by atoms with Crippen molar-refractivity contribution in [3.63, 3.8) is 0 Å². The Labute approximate surface area is 67.0 Å². The van der Waals surface area contributed by atoms with Gasteiger partial charge in [-0.1, -0.05) is 30.3 Å². The predicted octanol–water partition coefficient (Wildman–Crippen LogP) is 2.69. The highest BCUT2D eigenvalue weighted by atomic mass is 16.2. The van der Waals surface area contributed by atoms with E-state index in [9.17, 15) is 0 Å². The SMILES string of the molecule is OC=CCCc1ccccc1.